The number of halogens is 3. The number of carbonyl (C=O) groups excluding carboxylic acids is 1. The number of hydrogen-bond acceptors (Lipinski definition) is 8. The van der Waals surface area contributed by atoms with E-state index in [1.165, 1.54) is 23.4 Å². The lowest BCUT2D eigenvalue weighted by molar-refractivity contribution is -0.0557. The number of aromatic nitrogens is 2. The first-order valence-corrected chi connectivity index (χ1v) is 15.8. The maximum atomic E-state index is 15.8. The quantitative estimate of drug-likeness (QED) is 0.326. The first-order chi connectivity index (χ1) is 21.6. The molecule has 2 atom stereocenters. The van der Waals surface area contributed by atoms with Gasteiger partial charge < -0.3 is 19.6 Å². The average molecular weight is 656 g/mol. The highest BCUT2D eigenvalue weighted by Gasteiger charge is 2.47. The zero-order valence-corrected chi connectivity index (χ0v) is 26.9. The normalized spacial score (nSPS) is 20.5. The second-order valence-electron chi connectivity index (χ2n) is 12.0. The molecule has 238 valence electrons. The van der Waals surface area contributed by atoms with Gasteiger partial charge in [0.05, 0.1) is 35.2 Å². The van der Waals surface area contributed by atoms with Crippen molar-refractivity contribution in [2.24, 2.45) is 5.41 Å². The Bertz CT molecular complexity index is 1530. The molecular weight excluding hydrogens is 618 g/mol. The van der Waals surface area contributed by atoms with E-state index < -0.39 is 29.0 Å². The molecule has 1 N–H and O–H groups in total. The second-order valence-corrected chi connectivity index (χ2v) is 12.9. The van der Waals surface area contributed by atoms with Crippen LogP contribution in [-0.4, -0.2) is 82.1 Å². The number of β-amino-alcohol motifs (C(OH)–C–C–N with tert-alkyl or cyclic N) is 1. The average Bonchev–Trinajstić information content (AvgIpc) is 3.78. The summed E-state index contributed by atoms with van der Waals surface area (Å²) >= 11 is 11.5. The van der Waals surface area contributed by atoms with E-state index in [0.717, 1.165) is 31.2 Å². The predicted octanol–water partition coefficient (Wildman–Crippen LogP) is 5.43. The Morgan fingerprint density at radius 1 is 1.11 bits per heavy atom. The van der Waals surface area contributed by atoms with Gasteiger partial charge in [-0.1, -0.05) is 48.3 Å². The van der Waals surface area contributed by atoms with Crippen LogP contribution in [0.3, 0.4) is 0 Å². The first kappa shape index (κ1) is 33.2. The number of aliphatic hydroxyl groups is 1. The van der Waals surface area contributed by atoms with E-state index in [4.69, 9.17) is 27.9 Å². The standard InChI is InChI=1S/C27H32ClFN6O3.C6H5Cl/c1-3-27(37,16-34-8-6-33(2)7-9-34)18-10-20-23(21(29)11-18)25(38-17-26(15-30)4-5-26)35(24(20)36)14-22-31-12-19(28)13-32-22;7-6-4-2-1-3-5-6/h10-13,25,37H,3-9,14,16-17H2,1-2H3;1-5H. The van der Waals surface area contributed by atoms with Crippen molar-refractivity contribution in [3.63, 3.8) is 0 Å². The van der Waals surface area contributed by atoms with E-state index in [2.05, 4.69) is 32.9 Å². The molecule has 0 spiro atoms. The van der Waals surface area contributed by atoms with Crippen LogP contribution in [0.25, 0.3) is 0 Å². The van der Waals surface area contributed by atoms with Crippen LogP contribution in [0, 0.1) is 22.6 Å². The van der Waals surface area contributed by atoms with E-state index in [0.29, 0.717) is 42.2 Å². The Morgan fingerprint density at radius 2 is 1.78 bits per heavy atom. The third kappa shape index (κ3) is 7.80. The predicted molar refractivity (Wildman–Crippen MR) is 169 cm³/mol. The zero-order valence-electron chi connectivity index (χ0n) is 25.4. The number of benzene rings is 2. The molecule has 0 radical (unpaired) electrons. The minimum absolute atomic E-state index is 0.0248. The van der Waals surface area contributed by atoms with E-state index in [1.54, 1.807) is 6.07 Å². The van der Waals surface area contributed by atoms with E-state index in [9.17, 15) is 15.2 Å². The number of nitrogens with zero attached hydrogens (tertiary/aromatic N) is 6. The Kier molecular flexibility index (Phi) is 10.4. The molecule has 1 aromatic heterocycles. The number of piperazine rings is 1. The minimum Gasteiger partial charge on any atom is -0.384 e. The summed E-state index contributed by atoms with van der Waals surface area (Å²) in [6, 6.07) is 14.6. The number of carbonyl (C=O) groups is 1. The Morgan fingerprint density at radius 3 is 2.33 bits per heavy atom. The molecule has 1 saturated carbocycles. The van der Waals surface area contributed by atoms with Crippen LogP contribution in [0.5, 0.6) is 0 Å². The van der Waals surface area contributed by atoms with Gasteiger partial charge in [-0.2, -0.15) is 5.26 Å². The molecule has 1 saturated heterocycles. The molecule has 3 aliphatic rings. The van der Waals surface area contributed by atoms with Gasteiger partial charge in [-0.25, -0.2) is 14.4 Å². The number of amides is 1. The zero-order chi connectivity index (χ0) is 32.2. The van der Waals surface area contributed by atoms with Gasteiger partial charge in [-0.3, -0.25) is 9.69 Å². The lowest BCUT2D eigenvalue weighted by Crippen LogP contribution is -2.49. The molecule has 2 aromatic carbocycles. The van der Waals surface area contributed by atoms with Gasteiger partial charge in [0.2, 0.25) is 0 Å². The highest BCUT2D eigenvalue weighted by Crippen LogP contribution is 2.47. The van der Waals surface area contributed by atoms with Crippen LogP contribution in [0.2, 0.25) is 10.0 Å². The summed E-state index contributed by atoms with van der Waals surface area (Å²) in [5, 5.41) is 22.3. The van der Waals surface area contributed by atoms with Crippen molar-refractivity contribution < 1.29 is 19.0 Å². The summed E-state index contributed by atoms with van der Waals surface area (Å²) in [7, 11) is 2.06. The van der Waals surface area contributed by atoms with Crippen LogP contribution in [0.15, 0.2) is 54.9 Å². The van der Waals surface area contributed by atoms with Gasteiger partial charge >= 0.3 is 0 Å². The molecule has 1 amide bonds. The molecule has 2 aliphatic heterocycles. The number of ether oxygens (including phenoxy) is 1. The summed E-state index contributed by atoms with van der Waals surface area (Å²) in [5.41, 5.74) is -1.31. The lowest BCUT2D eigenvalue weighted by Gasteiger charge is -2.38. The minimum atomic E-state index is -1.33. The fraction of sp³-hybridized carbons (Fsp3) is 0.455. The lowest BCUT2D eigenvalue weighted by atomic mass is 9.87. The monoisotopic (exact) mass is 654 g/mol. The first-order valence-electron chi connectivity index (χ1n) is 15.0. The Labute approximate surface area is 273 Å². The van der Waals surface area contributed by atoms with Crippen molar-refractivity contribution in [3.8, 4) is 6.07 Å². The third-order valence-electron chi connectivity index (χ3n) is 8.68. The number of fused-ring (bicyclic) bond motifs is 1. The molecule has 1 aliphatic carbocycles. The molecule has 9 nitrogen and oxygen atoms in total. The number of likely N-dealkylation sites (N-methyl/N-ethyl adjacent to an activating group) is 1. The summed E-state index contributed by atoms with van der Waals surface area (Å²) < 4.78 is 21.9. The SMILES string of the molecule is CCC(O)(CN1CCN(C)CC1)c1cc(F)c2c(c1)C(=O)N(Cc1ncc(Cl)cn1)C2OCC1(C#N)CC1.Clc1ccccc1. The smallest absolute Gasteiger partial charge is 0.257 e. The molecule has 45 heavy (non-hydrogen) atoms. The van der Waals surface area contributed by atoms with Gasteiger partial charge in [0.25, 0.3) is 5.91 Å². The van der Waals surface area contributed by atoms with Crippen molar-refractivity contribution in [2.45, 2.75) is 44.6 Å². The fourth-order valence-corrected chi connectivity index (χ4v) is 5.75. The molecule has 3 heterocycles. The number of hydrogen-bond donors (Lipinski definition) is 1. The van der Waals surface area contributed by atoms with E-state index >= 15 is 4.39 Å². The van der Waals surface area contributed by atoms with Crippen molar-refractivity contribution in [1.82, 2.24) is 24.7 Å². The number of nitriles is 1. The highest BCUT2D eigenvalue weighted by molar-refractivity contribution is 6.30. The maximum Gasteiger partial charge on any atom is 0.257 e. The van der Waals surface area contributed by atoms with Crippen molar-refractivity contribution >= 4 is 29.1 Å². The summed E-state index contributed by atoms with van der Waals surface area (Å²) in [6.45, 7) is 5.65. The van der Waals surface area contributed by atoms with Gasteiger partial charge in [0.1, 0.15) is 17.2 Å². The molecular formula is C33H37Cl2FN6O3. The van der Waals surface area contributed by atoms with E-state index in [1.807, 2.05) is 37.3 Å². The van der Waals surface area contributed by atoms with Gasteiger partial charge in [-0.05, 0) is 56.1 Å². The molecule has 3 aromatic rings. The van der Waals surface area contributed by atoms with Crippen molar-refractivity contribution in [3.05, 3.63) is 93.2 Å². The molecule has 12 heteroatoms. The summed E-state index contributed by atoms with van der Waals surface area (Å²) in [6.07, 6.45) is 3.59. The highest BCUT2D eigenvalue weighted by atomic mass is 35.5. The van der Waals surface area contributed by atoms with Gasteiger partial charge in [0, 0.05) is 55.7 Å². The van der Waals surface area contributed by atoms with Crippen LogP contribution in [-0.2, 0) is 16.9 Å². The van der Waals surface area contributed by atoms with Crippen LogP contribution in [0.4, 0.5) is 4.39 Å². The molecule has 6 rings (SSSR count). The topological polar surface area (TPSA) is 106 Å². The third-order valence-corrected chi connectivity index (χ3v) is 9.13. The fourth-order valence-electron chi connectivity index (χ4n) is 5.51. The van der Waals surface area contributed by atoms with Crippen LogP contribution >= 0.6 is 23.2 Å². The largest absolute Gasteiger partial charge is 0.384 e. The summed E-state index contributed by atoms with van der Waals surface area (Å²) in [4.78, 5) is 27.8. The van der Waals surface area contributed by atoms with Gasteiger partial charge in [0.15, 0.2) is 6.23 Å². The number of rotatable bonds is 9. The maximum absolute atomic E-state index is 15.8. The molecule has 2 unspecified atom stereocenters. The molecule has 0 bridgehead atoms. The molecule has 2 fully saturated rings. The summed E-state index contributed by atoms with van der Waals surface area (Å²) in [5.74, 6) is -0.738. The Balaban J connectivity index is 0.000000505. The second kappa shape index (κ2) is 14.1. The van der Waals surface area contributed by atoms with Crippen LogP contribution in [0.1, 0.15) is 59.7 Å². The van der Waals surface area contributed by atoms with E-state index in [-0.39, 0.29) is 24.3 Å². The van der Waals surface area contributed by atoms with Crippen molar-refractivity contribution in [2.75, 3.05) is 46.4 Å². The Hall–Kier alpha value is -3.17. The van der Waals surface area contributed by atoms with Crippen molar-refractivity contribution in [1.29, 1.82) is 5.26 Å². The van der Waals surface area contributed by atoms with Crippen LogP contribution < -0.4 is 0 Å². The van der Waals surface area contributed by atoms with Gasteiger partial charge in [-0.15, -0.1) is 0 Å².